The number of benzene rings is 2. The lowest BCUT2D eigenvalue weighted by Crippen LogP contribution is -2.66. The molecule has 10 atom stereocenters. The number of hydrogen-bond acceptors (Lipinski definition) is 17. The van der Waals surface area contributed by atoms with E-state index in [2.05, 4.69) is 0 Å². The third kappa shape index (κ3) is 10.1. The Morgan fingerprint density at radius 3 is 2.14 bits per heavy atom. The van der Waals surface area contributed by atoms with Crippen molar-refractivity contribution in [1.82, 2.24) is 0 Å². The molecule has 17 nitrogen and oxygen atoms in total. The highest BCUT2D eigenvalue weighted by Gasteiger charge is 2.54. The van der Waals surface area contributed by atoms with Crippen LogP contribution in [0.3, 0.4) is 0 Å². The molecular weight excluding hydrogens is 680 g/mol. The minimum absolute atomic E-state index is 0.108. The summed E-state index contributed by atoms with van der Waals surface area (Å²) in [6.45, 7) is 2.78. The first-order valence-electron chi connectivity index (χ1n) is 15.9. The number of aliphatic hydroxyl groups excluding tert-OH is 3. The van der Waals surface area contributed by atoms with Gasteiger partial charge in [0.15, 0.2) is 53.9 Å². The average molecular weight is 723 g/mol. The van der Waals surface area contributed by atoms with E-state index in [1.54, 1.807) is 6.07 Å². The normalized spacial score (nSPS) is 29.3. The number of phenolic OH excluding ortho intramolecular Hbond substituents is 3. The lowest BCUT2D eigenvalue weighted by Gasteiger charge is -2.47. The number of hydrogen-bond donors (Lipinski definition) is 6. The molecule has 2 aliphatic heterocycles. The number of methoxy groups -OCH3 is 1. The van der Waals surface area contributed by atoms with Crippen LogP contribution in [0.5, 0.6) is 23.0 Å². The summed E-state index contributed by atoms with van der Waals surface area (Å²) < 4.78 is 45.1. The molecule has 2 heterocycles. The van der Waals surface area contributed by atoms with Crippen LogP contribution in [0.1, 0.15) is 31.9 Å². The molecule has 2 saturated heterocycles. The third-order valence-corrected chi connectivity index (χ3v) is 8.02. The van der Waals surface area contributed by atoms with E-state index in [1.165, 1.54) is 50.4 Å². The second kappa shape index (κ2) is 17.6. The van der Waals surface area contributed by atoms with Crippen molar-refractivity contribution in [3.05, 3.63) is 53.6 Å². The van der Waals surface area contributed by atoms with E-state index in [4.69, 9.17) is 37.9 Å². The maximum atomic E-state index is 13.2. The van der Waals surface area contributed by atoms with Crippen LogP contribution in [0.2, 0.25) is 0 Å². The van der Waals surface area contributed by atoms with Crippen LogP contribution >= 0.6 is 0 Å². The number of aromatic hydroxyl groups is 3. The van der Waals surface area contributed by atoms with E-state index in [0.717, 1.165) is 19.9 Å². The smallest absolute Gasteiger partial charge is 0.331 e. The molecule has 0 amide bonds. The Labute approximate surface area is 292 Å². The Morgan fingerprint density at radius 1 is 0.804 bits per heavy atom. The molecule has 2 aromatic rings. The average Bonchev–Trinajstić information content (AvgIpc) is 3.08. The molecule has 280 valence electrons. The molecule has 2 fully saturated rings. The Kier molecular flexibility index (Phi) is 13.6. The number of esters is 3. The van der Waals surface area contributed by atoms with Gasteiger partial charge in [0.2, 0.25) is 0 Å². The first kappa shape index (κ1) is 39.3. The molecule has 0 radical (unpaired) electrons. The van der Waals surface area contributed by atoms with Gasteiger partial charge in [-0.25, -0.2) is 4.79 Å². The molecule has 2 aliphatic rings. The Bertz CT molecular complexity index is 1540. The van der Waals surface area contributed by atoms with Gasteiger partial charge >= 0.3 is 17.9 Å². The van der Waals surface area contributed by atoms with E-state index >= 15 is 0 Å². The number of phenols is 3. The molecule has 0 bridgehead atoms. The summed E-state index contributed by atoms with van der Waals surface area (Å²) >= 11 is 0. The van der Waals surface area contributed by atoms with Crippen LogP contribution in [0, 0.1) is 0 Å². The number of carbonyl (C=O) groups is 3. The number of ether oxygens (including phenoxy) is 8. The second-order valence-electron chi connectivity index (χ2n) is 11.8. The minimum Gasteiger partial charge on any atom is -0.504 e. The van der Waals surface area contributed by atoms with E-state index in [1.807, 2.05) is 0 Å². The SMILES string of the molecule is COc1cc(/C=C/C(=O)O[C@H]2[C@H](O[C@@H]3O[C@@H](C)[C@H](OC(C)=O)[C@@H](O)[C@H]3O)[C@@H](OC(C)=O)[C@H](OCCc3ccc(O)c(O)c3)O[C@@H]2CO)ccc1O. The van der Waals surface area contributed by atoms with Crippen molar-refractivity contribution in [2.45, 2.75) is 88.6 Å². The summed E-state index contributed by atoms with van der Waals surface area (Å²) in [6.07, 6.45) is -12.4. The van der Waals surface area contributed by atoms with Gasteiger partial charge in [0.05, 0.1) is 26.4 Å². The quantitative estimate of drug-likeness (QED) is 0.0710. The minimum atomic E-state index is -1.83. The molecule has 0 aromatic heterocycles. The molecule has 0 aliphatic carbocycles. The van der Waals surface area contributed by atoms with E-state index < -0.39 is 85.9 Å². The summed E-state index contributed by atoms with van der Waals surface area (Å²) in [5.74, 6) is -3.19. The molecule has 0 saturated carbocycles. The van der Waals surface area contributed by atoms with Gasteiger partial charge in [-0.1, -0.05) is 12.1 Å². The monoisotopic (exact) mass is 722 g/mol. The lowest BCUT2D eigenvalue weighted by atomic mass is 9.96. The first-order valence-corrected chi connectivity index (χ1v) is 15.9. The van der Waals surface area contributed by atoms with Gasteiger partial charge in [-0.2, -0.15) is 0 Å². The van der Waals surface area contributed by atoms with Crippen molar-refractivity contribution < 1.29 is 82.9 Å². The highest BCUT2D eigenvalue weighted by Crippen LogP contribution is 2.34. The zero-order valence-electron chi connectivity index (χ0n) is 28.2. The van der Waals surface area contributed by atoms with Crippen molar-refractivity contribution in [1.29, 1.82) is 0 Å². The third-order valence-electron chi connectivity index (χ3n) is 8.02. The van der Waals surface area contributed by atoms with Crippen molar-refractivity contribution in [2.75, 3.05) is 20.3 Å². The maximum absolute atomic E-state index is 13.2. The molecule has 4 rings (SSSR count). The standard InChI is InChI=1S/C34H42O17/c1-16-29(47-17(2)36)27(42)28(43)33(46-16)51-31-30(50-26(41)10-7-19-6-9-22(39)24(14-19)44-4)25(15-35)49-34(32(31)48-18(3)37)45-12-11-20-5-8-21(38)23(40)13-20/h5-10,13-14,16,25,27-35,38-40,42-43H,11-12,15H2,1-4H3/b10-7+/t16-,25+,27-,28+,29-,30+,31-,32+,33-,34+/m0/s1. The fourth-order valence-corrected chi connectivity index (χ4v) is 5.55. The summed E-state index contributed by atoms with van der Waals surface area (Å²) in [5.41, 5.74) is 1.01. The Morgan fingerprint density at radius 2 is 1.49 bits per heavy atom. The molecular formula is C34H42O17. The van der Waals surface area contributed by atoms with Crippen LogP contribution in [-0.4, -0.2) is 130 Å². The Balaban J connectivity index is 1.63. The number of carbonyl (C=O) groups excluding carboxylic acids is 3. The van der Waals surface area contributed by atoms with Gasteiger partial charge in [-0.15, -0.1) is 0 Å². The van der Waals surface area contributed by atoms with Gasteiger partial charge in [0.25, 0.3) is 0 Å². The number of rotatable bonds is 13. The van der Waals surface area contributed by atoms with E-state index in [-0.39, 0.29) is 36.0 Å². The lowest BCUT2D eigenvalue weighted by molar-refractivity contribution is -0.358. The molecule has 2 aromatic carbocycles. The van der Waals surface area contributed by atoms with Crippen LogP contribution in [0.15, 0.2) is 42.5 Å². The first-order chi connectivity index (χ1) is 24.2. The van der Waals surface area contributed by atoms with Gasteiger partial charge in [0, 0.05) is 19.9 Å². The summed E-state index contributed by atoms with van der Waals surface area (Å²) in [7, 11) is 1.35. The van der Waals surface area contributed by atoms with Gasteiger partial charge in [-0.05, 0) is 54.8 Å². The predicted octanol–water partition coefficient (Wildman–Crippen LogP) is 0.429. The summed E-state index contributed by atoms with van der Waals surface area (Å²) in [4.78, 5) is 37.2. The molecule has 6 N–H and O–H groups in total. The second-order valence-corrected chi connectivity index (χ2v) is 11.8. The molecule has 17 heteroatoms. The maximum Gasteiger partial charge on any atom is 0.331 e. The molecule has 0 unspecified atom stereocenters. The van der Waals surface area contributed by atoms with Gasteiger partial charge in [0.1, 0.15) is 24.4 Å². The van der Waals surface area contributed by atoms with Gasteiger partial charge in [-0.3, -0.25) is 9.59 Å². The van der Waals surface area contributed by atoms with Crippen molar-refractivity contribution in [3.63, 3.8) is 0 Å². The van der Waals surface area contributed by atoms with Gasteiger partial charge < -0.3 is 68.5 Å². The van der Waals surface area contributed by atoms with Crippen LogP contribution in [-0.2, 0) is 54.0 Å². The number of aliphatic hydroxyl groups is 3. The summed E-state index contributed by atoms with van der Waals surface area (Å²) in [5, 5.41) is 61.5. The zero-order chi connectivity index (χ0) is 37.4. The fourth-order valence-electron chi connectivity index (χ4n) is 5.55. The van der Waals surface area contributed by atoms with Crippen LogP contribution in [0.25, 0.3) is 6.08 Å². The highest BCUT2D eigenvalue weighted by atomic mass is 16.8. The summed E-state index contributed by atoms with van der Waals surface area (Å²) in [6, 6.07) is 8.47. The highest BCUT2D eigenvalue weighted by molar-refractivity contribution is 5.87. The van der Waals surface area contributed by atoms with Crippen LogP contribution < -0.4 is 4.74 Å². The van der Waals surface area contributed by atoms with Crippen molar-refractivity contribution in [2.24, 2.45) is 0 Å². The van der Waals surface area contributed by atoms with Crippen LogP contribution in [0.4, 0.5) is 0 Å². The predicted molar refractivity (Wildman–Crippen MR) is 171 cm³/mol. The zero-order valence-corrected chi connectivity index (χ0v) is 28.2. The molecule has 0 spiro atoms. The van der Waals surface area contributed by atoms with Crippen molar-refractivity contribution >= 4 is 24.0 Å². The van der Waals surface area contributed by atoms with E-state index in [0.29, 0.717) is 11.1 Å². The van der Waals surface area contributed by atoms with Crippen molar-refractivity contribution in [3.8, 4) is 23.0 Å². The molecule has 51 heavy (non-hydrogen) atoms. The fraction of sp³-hybridized carbons (Fsp3) is 0.500. The Hall–Kier alpha value is -4.49. The topological polar surface area (TPSA) is 246 Å². The largest absolute Gasteiger partial charge is 0.504 e. The van der Waals surface area contributed by atoms with E-state index in [9.17, 15) is 45.0 Å².